The number of ether oxygens (including phenoxy) is 1. The summed E-state index contributed by atoms with van der Waals surface area (Å²) in [6.45, 7) is 3.59. The van der Waals surface area contributed by atoms with Crippen LogP contribution in [-0.4, -0.2) is 42.1 Å². The van der Waals surface area contributed by atoms with Crippen LogP contribution in [0.25, 0.3) is 0 Å². The smallest absolute Gasteiger partial charge is 0.377 e. The molecule has 4 nitrogen and oxygen atoms in total. The number of methoxy groups -OCH3 is 1. The molecule has 1 rings (SSSR count). The predicted molar refractivity (Wildman–Crippen MR) is 59.7 cm³/mol. The van der Waals surface area contributed by atoms with E-state index in [0.29, 0.717) is 12.5 Å². The Morgan fingerprint density at radius 3 is 2.56 bits per heavy atom. The highest BCUT2D eigenvalue weighted by Crippen LogP contribution is 2.39. The molecular formula is C10H19FO4Si. The fourth-order valence-electron chi connectivity index (χ4n) is 1.90. The van der Waals surface area contributed by atoms with Crippen molar-refractivity contribution in [2.75, 3.05) is 21.3 Å². The van der Waals surface area contributed by atoms with Crippen LogP contribution in [0.4, 0.5) is 4.39 Å². The molecule has 16 heavy (non-hydrogen) atoms. The average Bonchev–Trinajstić information content (AvgIpc) is 2.33. The lowest BCUT2D eigenvalue weighted by Crippen LogP contribution is -2.60. The molecule has 0 saturated carbocycles. The standard InChI is InChI=1S/C10H19FO4Si/c1-5-7-10(12-2)9(11)6-8-16(13-3,14-4)15-10/h5,9H,1,6-8H2,2-4H3. The van der Waals surface area contributed by atoms with Gasteiger partial charge in [0.05, 0.1) is 0 Å². The fourth-order valence-corrected chi connectivity index (χ4v) is 4.17. The van der Waals surface area contributed by atoms with Gasteiger partial charge in [0.2, 0.25) is 0 Å². The van der Waals surface area contributed by atoms with Crippen molar-refractivity contribution in [3.8, 4) is 0 Å². The Labute approximate surface area is 96.7 Å². The predicted octanol–water partition coefficient (Wildman–Crippen LogP) is 1.90. The Morgan fingerprint density at radius 1 is 1.50 bits per heavy atom. The molecule has 1 aliphatic rings. The van der Waals surface area contributed by atoms with E-state index in [-0.39, 0.29) is 6.42 Å². The number of halogens is 1. The third-order valence-corrected chi connectivity index (χ3v) is 5.71. The van der Waals surface area contributed by atoms with Crippen molar-refractivity contribution < 1.29 is 22.4 Å². The molecule has 6 heteroatoms. The van der Waals surface area contributed by atoms with Gasteiger partial charge in [0.25, 0.3) is 0 Å². The Balaban J connectivity index is 2.92. The first-order valence-corrected chi connectivity index (χ1v) is 7.12. The molecule has 0 aromatic rings. The second kappa shape index (κ2) is 5.37. The van der Waals surface area contributed by atoms with Crippen molar-refractivity contribution in [2.24, 2.45) is 0 Å². The maximum absolute atomic E-state index is 13.9. The van der Waals surface area contributed by atoms with Crippen molar-refractivity contribution in [1.29, 1.82) is 0 Å². The van der Waals surface area contributed by atoms with E-state index in [1.807, 2.05) is 0 Å². The Kier molecular flexibility index (Phi) is 4.63. The maximum atomic E-state index is 13.9. The molecule has 1 fully saturated rings. The van der Waals surface area contributed by atoms with Crippen molar-refractivity contribution in [3.05, 3.63) is 12.7 Å². The van der Waals surface area contributed by atoms with Gasteiger partial charge >= 0.3 is 8.80 Å². The normalized spacial score (nSPS) is 33.6. The quantitative estimate of drug-likeness (QED) is 0.551. The lowest BCUT2D eigenvalue weighted by Gasteiger charge is -2.44. The molecule has 0 aromatic carbocycles. The topological polar surface area (TPSA) is 36.9 Å². The zero-order chi connectivity index (χ0) is 12.2. The molecule has 94 valence electrons. The van der Waals surface area contributed by atoms with Crippen LogP contribution in [0.1, 0.15) is 12.8 Å². The molecule has 0 amide bonds. The van der Waals surface area contributed by atoms with Crippen molar-refractivity contribution in [2.45, 2.75) is 30.8 Å². The number of hydrogen-bond donors (Lipinski definition) is 0. The third-order valence-electron chi connectivity index (χ3n) is 2.91. The van der Waals surface area contributed by atoms with Gasteiger partial charge in [-0.3, -0.25) is 0 Å². The van der Waals surface area contributed by atoms with Gasteiger partial charge in [0, 0.05) is 33.8 Å². The molecular weight excluding hydrogens is 231 g/mol. The molecule has 0 bridgehead atoms. The van der Waals surface area contributed by atoms with Crippen LogP contribution in [0.2, 0.25) is 6.04 Å². The third kappa shape index (κ3) is 2.35. The van der Waals surface area contributed by atoms with E-state index in [4.69, 9.17) is 18.0 Å². The van der Waals surface area contributed by atoms with Crippen molar-refractivity contribution >= 4 is 8.80 Å². The molecule has 0 N–H and O–H groups in total. The molecule has 0 spiro atoms. The highest BCUT2D eigenvalue weighted by Gasteiger charge is 2.56. The summed E-state index contributed by atoms with van der Waals surface area (Å²) < 4.78 is 35.4. The minimum absolute atomic E-state index is 0.270. The van der Waals surface area contributed by atoms with Gasteiger partial charge in [-0.25, -0.2) is 4.39 Å². The van der Waals surface area contributed by atoms with E-state index >= 15 is 0 Å². The van der Waals surface area contributed by atoms with E-state index in [1.165, 1.54) is 21.3 Å². The zero-order valence-corrected chi connectivity index (χ0v) is 11.0. The molecule has 1 heterocycles. The van der Waals surface area contributed by atoms with E-state index in [0.717, 1.165) is 0 Å². The SMILES string of the molecule is C=CCC1(OC)O[Si](OC)(OC)CCC1F. The van der Waals surface area contributed by atoms with Crippen molar-refractivity contribution in [1.82, 2.24) is 0 Å². The number of alkyl halides is 1. The monoisotopic (exact) mass is 250 g/mol. The maximum Gasteiger partial charge on any atom is 0.502 e. The summed E-state index contributed by atoms with van der Waals surface area (Å²) in [5.74, 6) is -1.31. The summed E-state index contributed by atoms with van der Waals surface area (Å²) in [5.41, 5.74) is 0. The minimum Gasteiger partial charge on any atom is -0.377 e. The fraction of sp³-hybridized carbons (Fsp3) is 0.800. The van der Waals surface area contributed by atoms with Crippen LogP contribution in [0, 0.1) is 0 Å². The summed E-state index contributed by atoms with van der Waals surface area (Å²) in [6, 6.07) is 0.462. The average molecular weight is 250 g/mol. The molecule has 0 radical (unpaired) electrons. The second-order valence-corrected chi connectivity index (χ2v) is 6.59. The lowest BCUT2D eigenvalue weighted by atomic mass is 10.1. The summed E-state index contributed by atoms with van der Waals surface area (Å²) in [6.07, 6.45) is 0.967. The molecule has 1 aliphatic heterocycles. The van der Waals surface area contributed by atoms with Gasteiger partial charge in [-0.15, -0.1) is 6.58 Å². The van der Waals surface area contributed by atoms with Gasteiger partial charge in [0.1, 0.15) is 0 Å². The molecule has 1 saturated heterocycles. The summed E-state index contributed by atoms with van der Waals surface area (Å²) in [7, 11) is 1.68. The first-order chi connectivity index (χ1) is 7.58. The first-order valence-electron chi connectivity index (χ1n) is 5.18. The second-order valence-electron chi connectivity index (χ2n) is 3.71. The van der Waals surface area contributed by atoms with Crippen LogP contribution in [0.15, 0.2) is 12.7 Å². The van der Waals surface area contributed by atoms with E-state index in [9.17, 15) is 4.39 Å². The van der Waals surface area contributed by atoms with Crippen molar-refractivity contribution in [3.63, 3.8) is 0 Å². The van der Waals surface area contributed by atoms with E-state index in [2.05, 4.69) is 6.58 Å². The molecule has 0 aliphatic carbocycles. The number of rotatable bonds is 5. The Hall–Kier alpha value is -0.273. The van der Waals surface area contributed by atoms with Crippen LogP contribution >= 0.6 is 0 Å². The highest BCUT2D eigenvalue weighted by molar-refractivity contribution is 6.60. The molecule has 2 atom stereocenters. The van der Waals surface area contributed by atoms with Crippen LogP contribution < -0.4 is 0 Å². The Bertz CT molecular complexity index is 247. The largest absolute Gasteiger partial charge is 0.502 e. The minimum atomic E-state index is -2.78. The van der Waals surface area contributed by atoms with Gasteiger partial charge in [-0.1, -0.05) is 6.08 Å². The lowest BCUT2D eigenvalue weighted by molar-refractivity contribution is -0.238. The molecule has 2 unspecified atom stereocenters. The van der Waals surface area contributed by atoms with Crippen LogP contribution in [-0.2, 0) is 18.0 Å². The van der Waals surface area contributed by atoms with Gasteiger partial charge < -0.3 is 18.0 Å². The van der Waals surface area contributed by atoms with Gasteiger partial charge in [-0.05, 0) is 6.42 Å². The summed E-state index contributed by atoms with van der Waals surface area (Å²) in [5, 5.41) is 0. The highest BCUT2D eigenvalue weighted by atomic mass is 28.4. The number of hydrogen-bond acceptors (Lipinski definition) is 4. The first kappa shape index (κ1) is 13.8. The Morgan fingerprint density at radius 2 is 2.12 bits per heavy atom. The zero-order valence-electron chi connectivity index (χ0n) is 9.99. The summed E-state index contributed by atoms with van der Waals surface area (Å²) >= 11 is 0. The molecule has 0 aromatic heterocycles. The van der Waals surface area contributed by atoms with Crippen LogP contribution in [0.5, 0.6) is 0 Å². The van der Waals surface area contributed by atoms with Crippen LogP contribution in [0.3, 0.4) is 0 Å². The van der Waals surface area contributed by atoms with E-state index in [1.54, 1.807) is 6.08 Å². The summed E-state index contributed by atoms with van der Waals surface area (Å²) in [4.78, 5) is 0. The van der Waals surface area contributed by atoms with E-state index < -0.39 is 20.8 Å². The van der Waals surface area contributed by atoms with Gasteiger partial charge in [-0.2, -0.15) is 0 Å². The van der Waals surface area contributed by atoms with Gasteiger partial charge in [0.15, 0.2) is 12.0 Å².